The maximum absolute atomic E-state index is 13.7. The van der Waals surface area contributed by atoms with Gasteiger partial charge in [-0.3, -0.25) is 9.69 Å². The van der Waals surface area contributed by atoms with Gasteiger partial charge in [-0.1, -0.05) is 36.1 Å². The van der Waals surface area contributed by atoms with Crippen LogP contribution in [0, 0.1) is 17.7 Å². The Morgan fingerprint density at radius 2 is 1.83 bits per heavy atom. The summed E-state index contributed by atoms with van der Waals surface area (Å²) in [7, 11) is 0. The fraction of sp³-hybridized carbons (Fsp3) is 0.400. The molecule has 1 N–H and O–H groups in total. The Morgan fingerprint density at radius 3 is 2.53 bits per heavy atom. The summed E-state index contributed by atoms with van der Waals surface area (Å²) in [4.78, 5) is 16.3. The largest absolute Gasteiger partial charge is 0.395 e. The standard InChI is InChI=1S/C25H27FN2O2/c1-18(30)27-14-4-5-15-28-23(16-27)25(24(28)17-29)21-12-9-19(10-13-21)8-11-20-6-2-3-7-22(20)26/h2-3,6-7,9-10,12-13,23-25,29H,4-5,14-17H2,1H3/t23-,24+,25+/m0/s1. The van der Waals surface area contributed by atoms with Gasteiger partial charge in [0.1, 0.15) is 5.82 Å². The topological polar surface area (TPSA) is 43.8 Å². The molecule has 3 atom stereocenters. The average Bonchev–Trinajstić information content (AvgIpc) is 2.72. The molecule has 30 heavy (non-hydrogen) atoms. The summed E-state index contributed by atoms with van der Waals surface area (Å²) in [6.45, 7) is 4.21. The zero-order chi connectivity index (χ0) is 21.1. The molecule has 2 saturated heterocycles. The van der Waals surface area contributed by atoms with Crippen LogP contribution in [0.3, 0.4) is 0 Å². The lowest BCUT2D eigenvalue weighted by Gasteiger charge is -2.57. The van der Waals surface area contributed by atoms with Gasteiger partial charge in [-0.15, -0.1) is 0 Å². The van der Waals surface area contributed by atoms with Crippen molar-refractivity contribution in [3.63, 3.8) is 0 Å². The van der Waals surface area contributed by atoms with Crippen molar-refractivity contribution < 1.29 is 14.3 Å². The van der Waals surface area contributed by atoms with Crippen LogP contribution >= 0.6 is 0 Å². The van der Waals surface area contributed by atoms with E-state index in [-0.39, 0.29) is 36.3 Å². The van der Waals surface area contributed by atoms with Gasteiger partial charge in [0.25, 0.3) is 0 Å². The maximum Gasteiger partial charge on any atom is 0.219 e. The minimum Gasteiger partial charge on any atom is -0.395 e. The molecule has 0 unspecified atom stereocenters. The van der Waals surface area contributed by atoms with Crippen molar-refractivity contribution >= 4 is 5.91 Å². The van der Waals surface area contributed by atoms with Gasteiger partial charge in [0.15, 0.2) is 0 Å². The smallest absolute Gasteiger partial charge is 0.219 e. The predicted octanol–water partition coefficient (Wildman–Crippen LogP) is 3.00. The molecule has 0 aliphatic carbocycles. The summed E-state index contributed by atoms with van der Waals surface area (Å²) in [5.74, 6) is 5.89. The first-order valence-corrected chi connectivity index (χ1v) is 10.6. The van der Waals surface area contributed by atoms with E-state index in [4.69, 9.17) is 0 Å². The van der Waals surface area contributed by atoms with E-state index in [2.05, 4.69) is 16.7 Å². The van der Waals surface area contributed by atoms with Crippen LogP contribution in [0.5, 0.6) is 0 Å². The number of hydrogen-bond donors (Lipinski definition) is 1. The molecule has 0 spiro atoms. The van der Waals surface area contributed by atoms with Crippen molar-refractivity contribution in [2.45, 2.75) is 37.8 Å². The molecule has 0 radical (unpaired) electrons. The van der Waals surface area contributed by atoms with E-state index in [9.17, 15) is 14.3 Å². The van der Waals surface area contributed by atoms with E-state index in [0.29, 0.717) is 12.1 Å². The predicted molar refractivity (Wildman–Crippen MR) is 114 cm³/mol. The zero-order valence-corrected chi connectivity index (χ0v) is 17.2. The van der Waals surface area contributed by atoms with Crippen molar-refractivity contribution in [1.29, 1.82) is 0 Å². The quantitative estimate of drug-likeness (QED) is 0.780. The number of fused-ring (bicyclic) bond motifs is 1. The molecule has 0 aromatic heterocycles. The number of halogens is 1. The lowest BCUT2D eigenvalue weighted by Crippen LogP contribution is -2.67. The summed E-state index contributed by atoms with van der Waals surface area (Å²) in [6, 6.07) is 14.8. The maximum atomic E-state index is 13.7. The molecule has 2 fully saturated rings. The number of carbonyl (C=O) groups excluding carboxylic acids is 1. The zero-order valence-electron chi connectivity index (χ0n) is 17.2. The molecule has 2 aliphatic heterocycles. The Balaban J connectivity index is 1.54. The van der Waals surface area contributed by atoms with Gasteiger partial charge in [-0.2, -0.15) is 0 Å². The van der Waals surface area contributed by atoms with Crippen LogP contribution in [0.25, 0.3) is 0 Å². The number of hydrogen-bond acceptors (Lipinski definition) is 3. The Kier molecular flexibility index (Phi) is 6.17. The third kappa shape index (κ3) is 4.12. The third-order valence-electron chi connectivity index (χ3n) is 6.33. The number of benzene rings is 2. The van der Waals surface area contributed by atoms with Gasteiger partial charge in [-0.05, 0) is 49.2 Å². The second-order valence-corrected chi connectivity index (χ2v) is 8.10. The van der Waals surface area contributed by atoms with Crippen molar-refractivity contribution in [3.8, 4) is 11.8 Å². The van der Waals surface area contributed by atoms with Crippen molar-refractivity contribution in [3.05, 3.63) is 71.0 Å². The van der Waals surface area contributed by atoms with Gasteiger partial charge in [0.2, 0.25) is 5.91 Å². The molecule has 156 valence electrons. The van der Waals surface area contributed by atoms with Gasteiger partial charge >= 0.3 is 0 Å². The second-order valence-electron chi connectivity index (χ2n) is 8.10. The Morgan fingerprint density at radius 1 is 1.10 bits per heavy atom. The second kappa shape index (κ2) is 8.99. The molecule has 2 aromatic rings. The monoisotopic (exact) mass is 406 g/mol. The van der Waals surface area contributed by atoms with Crippen LogP contribution in [0.1, 0.15) is 42.4 Å². The number of carbonyl (C=O) groups is 1. The molecular formula is C25H27FN2O2. The summed E-state index contributed by atoms with van der Waals surface area (Å²) >= 11 is 0. The Labute approximate surface area is 177 Å². The molecule has 4 rings (SSSR count). The van der Waals surface area contributed by atoms with Crippen LogP contribution in [-0.4, -0.2) is 59.1 Å². The lowest BCUT2D eigenvalue weighted by molar-refractivity contribution is -0.134. The number of nitrogens with zero attached hydrogens (tertiary/aromatic N) is 2. The SMILES string of the molecule is CC(=O)N1CCCCN2[C@H](CO)[C@H](c3ccc(C#Cc4ccccc4F)cc3)[C@@H]2C1. The minimum absolute atomic E-state index is 0.0808. The van der Waals surface area contributed by atoms with Crippen LogP contribution in [-0.2, 0) is 4.79 Å². The van der Waals surface area contributed by atoms with Crippen LogP contribution < -0.4 is 0 Å². The molecule has 2 aliphatic rings. The minimum atomic E-state index is -0.318. The van der Waals surface area contributed by atoms with E-state index in [1.165, 1.54) is 6.07 Å². The molecule has 5 heteroatoms. The molecule has 1 amide bonds. The summed E-state index contributed by atoms with van der Waals surface area (Å²) < 4.78 is 13.7. The first kappa shape index (κ1) is 20.6. The first-order valence-electron chi connectivity index (χ1n) is 10.6. The summed E-state index contributed by atoms with van der Waals surface area (Å²) in [5, 5.41) is 10.0. The Bertz CT molecular complexity index is 963. The van der Waals surface area contributed by atoms with Gasteiger partial charge in [-0.25, -0.2) is 4.39 Å². The van der Waals surface area contributed by atoms with Gasteiger partial charge in [0.05, 0.1) is 12.2 Å². The van der Waals surface area contributed by atoms with E-state index >= 15 is 0 Å². The number of amides is 1. The highest BCUT2D eigenvalue weighted by molar-refractivity contribution is 5.73. The van der Waals surface area contributed by atoms with Crippen molar-refractivity contribution in [1.82, 2.24) is 9.80 Å². The highest BCUT2D eigenvalue weighted by Crippen LogP contribution is 2.41. The molecule has 0 saturated carbocycles. The van der Waals surface area contributed by atoms with E-state index < -0.39 is 0 Å². The molecule has 0 bridgehead atoms. The number of aliphatic hydroxyl groups is 1. The molecule has 4 nitrogen and oxygen atoms in total. The lowest BCUT2D eigenvalue weighted by atomic mass is 9.74. The first-order chi connectivity index (χ1) is 14.6. The van der Waals surface area contributed by atoms with Gasteiger partial charge in [0, 0.05) is 43.6 Å². The molecule has 2 heterocycles. The fourth-order valence-electron chi connectivity index (χ4n) is 4.72. The summed E-state index contributed by atoms with van der Waals surface area (Å²) in [6.07, 6.45) is 2.04. The third-order valence-corrected chi connectivity index (χ3v) is 6.33. The normalized spacial score (nSPS) is 24.0. The van der Waals surface area contributed by atoms with E-state index in [1.54, 1.807) is 25.1 Å². The van der Waals surface area contributed by atoms with E-state index in [0.717, 1.165) is 37.1 Å². The van der Waals surface area contributed by atoms with Gasteiger partial charge < -0.3 is 10.0 Å². The van der Waals surface area contributed by atoms with Crippen LogP contribution in [0.15, 0.2) is 48.5 Å². The number of rotatable bonds is 2. The van der Waals surface area contributed by atoms with Crippen molar-refractivity contribution in [2.75, 3.05) is 26.2 Å². The molecule has 2 aromatic carbocycles. The number of aliphatic hydroxyl groups excluding tert-OH is 1. The van der Waals surface area contributed by atoms with E-state index in [1.807, 2.05) is 29.2 Å². The van der Waals surface area contributed by atoms with Crippen LogP contribution in [0.2, 0.25) is 0 Å². The highest BCUT2D eigenvalue weighted by Gasteiger charge is 2.49. The highest BCUT2D eigenvalue weighted by atomic mass is 19.1. The molecular weight excluding hydrogens is 379 g/mol. The average molecular weight is 407 g/mol. The Hall–Kier alpha value is -2.68. The van der Waals surface area contributed by atoms with Crippen molar-refractivity contribution in [2.24, 2.45) is 0 Å². The summed E-state index contributed by atoms with van der Waals surface area (Å²) in [5.41, 5.74) is 2.35. The van der Waals surface area contributed by atoms with Crippen LogP contribution in [0.4, 0.5) is 4.39 Å². The fourth-order valence-corrected chi connectivity index (χ4v) is 4.72.